The van der Waals surface area contributed by atoms with Gasteiger partial charge in [-0.15, -0.1) is 0 Å². The first-order chi connectivity index (χ1) is 5.77. The van der Waals surface area contributed by atoms with E-state index in [1.165, 1.54) is 0 Å². The second-order valence-corrected chi connectivity index (χ2v) is 3.62. The van der Waals surface area contributed by atoms with Crippen LogP contribution in [0.25, 0.3) is 0 Å². The van der Waals surface area contributed by atoms with Crippen molar-refractivity contribution in [3.63, 3.8) is 0 Å². The third kappa shape index (κ3) is 1.47. The summed E-state index contributed by atoms with van der Waals surface area (Å²) in [6.45, 7) is 4.88. The fourth-order valence-electron chi connectivity index (χ4n) is 1.97. The minimum atomic E-state index is -0.676. The SMILES string of the molecule is CC1CN([C@H]2CCNC2)C(O)O1. The number of ether oxygens (including phenoxy) is 1. The first kappa shape index (κ1) is 8.44. The normalized spacial score (nSPS) is 44.0. The summed E-state index contributed by atoms with van der Waals surface area (Å²) >= 11 is 0. The average molecular weight is 172 g/mol. The van der Waals surface area contributed by atoms with Gasteiger partial charge in [0.1, 0.15) is 0 Å². The maximum absolute atomic E-state index is 9.50. The van der Waals surface area contributed by atoms with E-state index >= 15 is 0 Å². The largest absolute Gasteiger partial charge is 0.356 e. The Bertz CT molecular complexity index is 159. The van der Waals surface area contributed by atoms with Crippen LogP contribution in [0.15, 0.2) is 0 Å². The summed E-state index contributed by atoms with van der Waals surface area (Å²) in [5.74, 6) is 0. The topological polar surface area (TPSA) is 44.7 Å². The standard InChI is InChI=1S/C8H16N2O2/c1-6-5-10(8(11)12-6)7-2-3-9-4-7/h6-9,11H,2-5H2,1H3/t6?,7-,8?/m0/s1. The highest BCUT2D eigenvalue weighted by atomic mass is 16.6. The van der Waals surface area contributed by atoms with E-state index in [4.69, 9.17) is 4.74 Å². The molecule has 0 radical (unpaired) electrons. The van der Waals surface area contributed by atoms with E-state index in [9.17, 15) is 5.11 Å². The molecule has 0 amide bonds. The molecule has 0 aliphatic carbocycles. The van der Waals surface area contributed by atoms with E-state index in [1.54, 1.807) is 0 Å². The molecule has 2 fully saturated rings. The molecule has 0 bridgehead atoms. The second kappa shape index (κ2) is 3.30. The van der Waals surface area contributed by atoms with Gasteiger partial charge in [-0.1, -0.05) is 0 Å². The molecule has 2 aliphatic heterocycles. The van der Waals surface area contributed by atoms with Gasteiger partial charge in [0, 0.05) is 19.1 Å². The van der Waals surface area contributed by atoms with Crippen LogP contribution in [0.2, 0.25) is 0 Å². The second-order valence-electron chi connectivity index (χ2n) is 3.62. The molecule has 2 rings (SSSR count). The Morgan fingerprint density at radius 3 is 2.92 bits per heavy atom. The summed E-state index contributed by atoms with van der Waals surface area (Å²) in [6.07, 6.45) is 0.609. The number of rotatable bonds is 1. The minimum Gasteiger partial charge on any atom is -0.356 e. The van der Waals surface area contributed by atoms with E-state index < -0.39 is 6.41 Å². The van der Waals surface area contributed by atoms with Gasteiger partial charge in [-0.05, 0) is 19.9 Å². The van der Waals surface area contributed by atoms with Gasteiger partial charge in [-0.25, -0.2) is 4.90 Å². The van der Waals surface area contributed by atoms with Crippen molar-refractivity contribution < 1.29 is 9.84 Å². The predicted molar refractivity (Wildman–Crippen MR) is 44.5 cm³/mol. The highest BCUT2D eigenvalue weighted by Crippen LogP contribution is 2.19. The van der Waals surface area contributed by atoms with Gasteiger partial charge in [0.15, 0.2) is 0 Å². The number of hydrogen-bond acceptors (Lipinski definition) is 4. The monoisotopic (exact) mass is 172 g/mol. The number of hydrogen-bond donors (Lipinski definition) is 2. The molecule has 4 nitrogen and oxygen atoms in total. The maximum Gasteiger partial charge on any atom is 0.216 e. The molecular formula is C8H16N2O2. The van der Waals surface area contributed by atoms with Crippen LogP contribution in [-0.4, -0.2) is 48.2 Å². The van der Waals surface area contributed by atoms with Crippen molar-refractivity contribution in [3.8, 4) is 0 Å². The zero-order chi connectivity index (χ0) is 8.55. The smallest absolute Gasteiger partial charge is 0.216 e. The number of nitrogens with zero attached hydrogens (tertiary/aromatic N) is 1. The lowest BCUT2D eigenvalue weighted by atomic mass is 10.2. The molecule has 0 saturated carbocycles. The van der Waals surface area contributed by atoms with Gasteiger partial charge < -0.3 is 15.2 Å². The summed E-state index contributed by atoms with van der Waals surface area (Å²) in [5, 5.41) is 12.8. The van der Waals surface area contributed by atoms with Crippen molar-refractivity contribution in [2.75, 3.05) is 19.6 Å². The fraction of sp³-hybridized carbons (Fsp3) is 1.00. The molecule has 0 aromatic carbocycles. The molecule has 12 heavy (non-hydrogen) atoms. The van der Waals surface area contributed by atoms with Gasteiger partial charge >= 0.3 is 0 Å². The Kier molecular flexibility index (Phi) is 2.32. The van der Waals surface area contributed by atoms with Crippen molar-refractivity contribution >= 4 is 0 Å². The molecule has 0 aromatic rings. The molecule has 3 atom stereocenters. The van der Waals surface area contributed by atoms with Crippen LogP contribution < -0.4 is 5.32 Å². The lowest BCUT2D eigenvalue weighted by Gasteiger charge is -2.24. The Morgan fingerprint density at radius 1 is 1.58 bits per heavy atom. The predicted octanol–water partition coefficient (Wildman–Crippen LogP) is -0.655. The van der Waals surface area contributed by atoms with Crippen LogP contribution in [0.3, 0.4) is 0 Å². The molecule has 0 spiro atoms. The van der Waals surface area contributed by atoms with Gasteiger partial charge in [0.05, 0.1) is 6.10 Å². The third-order valence-corrected chi connectivity index (χ3v) is 2.61. The van der Waals surface area contributed by atoms with Crippen LogP contribution in [0.5, 0.6) is 0 Å². The van der Waals surface area contributed by atoms with E-state index in [2.05, 4.69) is 5.32 Å². The van der Waals surface area contributed by atoms with E-state index in [0.717, 1.165) is 26.1 Å². The van der Waals surface area contributed by atoms with E-state index in [0.29, 0.717) is 6.04 Å². The van der Waals surface area contributed by atoms with Crippen molar-refractivity contribution in [1.82, 2.24) is 10.2 Å². The lowest BCUT2D eigenvalue weighted by molar-refractivity contribution is -0.155. The molecule has 70 valence electrons. The molecule has 4 heteroatoms. The van der Waals surface area contributed by atoms with Gasteiger partial charge in [-0.3, -0.25) is 0 Å². The Morgan fingerprint density at radius 2 is 2.42 bits per heavy atom. The number of nitrogens with one attached hydrogen (secondary N) is 1. The molecule has 2 N–H and O–H groups in total. The Hall–Kier alpha value is -0.160. The van der Waals surface area contributed by atoms with Crippen molar-refractivity contribution in [3.05, 3.63) is 0 Å². The molecular weight excluding hydrogens is 156 g/mol. The van der Waals surface area contributed by atoms with Crippen LogP contribution >= 0.6 is 0 Å². The first-order valence-electron chi connectivity index (χ1n) is 4.57. The zero-order valence-electron chi connectivity index (χ0n) is 7.36. The summed E-state index contributed by atoms with van der Waals surface area (Å²) in [6, 6.07) is 0.463. The summed E-state index contributed by atoms with van der Waals surface area (Å²) in [5.41, 5.74) is 0. The first-order valence-corrected chi connectivity index (χ1v) is 4.57. The molecule has 0 aromatic heterocycles. The number of aliphatic hydroxyl groups is 1. The van der Waals surface area contributed by atoms with Crippen molar-refractivity contribution in [2.45, 2.75) is 31.9 Å². The summed E-state index contributed by atoms with van der Waals surface area (Å²) < 4.78 is 5.24. The van der Waals surface area contributed by atoms with Crippen molar-refractivity contribution in [2.24, 2.45) is 0 Å². The Balaban J connectivity index is 1.94. The maximum atomic E-state index is 9.50. The minimum absolute atomic E-state index is 0.167. The molecule has 2 aliphatic rings. The molecule has 2 unspecified atom stereocenters. The average Bonchev–Trinajstić information content (AvgIpc) is 2.58. The highest BCUT2D eigenvalue weighted by Gasteiger charge is 2.35. The van der Waals surface area contributed by atoms with Gasteiger partial charge in [-0.2, -0.15) is 0 Å². The summed E-state index contributed by atoms with van der Waals surface area (Å²) in [4.78, 5) is 2.03. The van der Waals surface area contributed by atoms with Gasteiger partial charge in [0.2, 0.25) is 6.41 Å². The number of aliphatic hydroxyl groups excluding tert-OH is 1. The fourth-order valence-corrected chi connectivity index (χ4v) is 1.97. The molecule has 2 saturated heterocycles. The van der Waals surface area contributed by atoms with Crippen LogP contribution in [-0.2, 0) is 4.74 Å². The molecule has 2 heterocycles. The lowest BCUT2D eigenvalue weighted by Crippen LogP contribution is -2.40. The van der Waals surface area contributed by atoms with E-state index in [1.807, 2.05) is 11.8 Å². The summed E-state index contributed by atoms with van der Waals surface area (Å²) in [7, 11) is 0. The van der Waals surface area contributed by atoms with Gasteiger partial charge in [0.25, 0.3) is 0 Å². The third-order valence-electron chi connectivity index (χ3n) is 2.61. The van der Waals surface area contributed by atoms with Crippen LogP contribution in [0.4, 0.5) is 0 Å². The van der Waals surface area contributed by atoms with E-state index in [-0.39, 0.29) is 6.10 Å². The Labute approximate surface area is 72.5 Å². The van der Waals surface area contributed by atoms with Crippen LogP contribution in [0, 0.1) is 0 Å². The highest BCUT2D eigenvalue weighted by molar-refractivity contribution is 4.84. The van der Waals surface area contributed by atoms with Crippen molar-refractivity contribution in [1.29, 1.82) is 0 Å². The zero-order valence-corrected chi connectivity index (χ0v) is 7.36. The quantitative estimate of drug-likeness (QED) is 0.551. The van der Waals surface area contributed by atoms with Crippen LogP contribution in [0.1, 0.15) is 13.3 Å².